The van der Waals surface area contributed by atoms with Crippen LogP contribution in [0.3, 0.4) is 0 Å². The number of amides is 1. The van der Waals surface area contributed by atoms with Gasteiger partial charge in [0.1, 0.15) is 11.6 Å². The summed E-state index contributed by atoms with van der Waals surface area (Å²) in [6.07, 6.45) is 2.21. The summed E-state index contributed by atoms with van der Waals surface area (Å²) in [5, 5.41) is 12.2. The van der Waals surface area contributed by atoms with E-state index in [0.717, 1.165) is 12.0 Å². The summed E-state index contributed by atoms with van der Waals surface area (Å²) in [6, 6.07) is 7.68. The van der Waals surface area contributed by atoms with Gasteiger partial charge in [-0.25, -0.2) is 0 Å². The molecule has 0 radical (unpaired) electrons. The van der Waals surface area contributed by atoms with Crippen LogP contribution in [0.4, 0.5) is 0 Å². The molecule has 2 rings (SSSR count). The number of carbonyl (C=O) groups excluding carboxylic acids is 1. The minimum atomic E-state index is -0.260. The summed E-state index contributed by atoms with van der Waals surface area (Å²) in [4.78, 5) is 13.9. The minimum absolute atomic E-state index is 0.106. The van der Waals surface area contributed by atoms with Crippen molar-refractivity contribution in [1.82, 2.24) is 10.2 Å². The summed E-state index contributed by atoms with van der Waals surface area (Å²) < 4.78 is 15.7. The van der Waals surface area contributed by atoms with Gasteiger partial charge in [-0.05, 0) is 24.1 Å². The van der Waals surface area contributed by atoms with Crippen LogP contribution in [0.1, 0.15) is 5.56 Å². The van der Waals surface area contributed by atoms with Gasteiger partial charge in [0.15, 0.2) is 11.5 Å². The van der Waals surface area contributed by atoms with Gasteiger partial charge in [-0.2, -0.15) is 5.26 Å². The number of morpholine rings is 1. The van der Waals surface area contributed by atoms with Crippen LogP contribution < -0.4 is 14.8 Å². The lowest BCUT2D eigenvalue weighted by molar-refractivity contribution is -0.130. The highest BCUT2D eigenvalue weighted by Crippen LogP contribution is 2.27. The fourth-order valence-corrected chi connectivity index (χ4v) is 2.51. The number of methoxy groups -OCH3 is 2. The Labute approximate surface area is 147 Å². The highest BCUT2D eigenvalue weighted by Gasteiger charge is 2.20. The van der Waals surface area contributed by atoms with Crippen molar-refractivity contribution in [3.8, 4) is 17.6 Å². The number of nitriles is 1. The normalized spacial score (nSPS) is 14.6. The first-order chi connectivity index (χ1) is 12.2. The van der Waals surface area contributed by atoms with E-state index in [4.69, 9.17) is 14.2 Å². The topological polar surface area (TPSA) is 83.8 Å². The monoisotopic (exact) mass is 345 g/mol. The second kappa shape index (κ2) is 9.55. The maximum Gasteiger partial charge on any atom is 0.266 e. The molecule has 0 bridgehead atoms. The molecule has 1 fully saturated rings. The van der Waals surface area contributed by atoms with Crippen molar-refractivity contribution >= 4 is 5.91 Å². The van der Waals surface area contributed by atoms with Crippen molar-refractivity contribution in [3.63, 3.8) is 0 Å². The molecule has 0 atom stereocenters. The van der Waals surface area contributed by atoms with Crippen molar-refractivity contribution in [2.24, 2.45) is 0 Å². The molecular formula is C18H23N3O4. The maximum atomic E-state index is 12.3. The Morgan fingerprint density at radius 2 is 2.04 bits per heavy atom. The van der Waals surface area contributed by atoms with Gasteiger partial charge in [-0.3, -0.25) is 4.79 Å². The Morgan fingerprint density at radius 3 is 2.68 bits per heavy atom. The average Bonchev–Trinajstić information content (AvgIpc) is 2.68. The van der Waals surface area contributed by atoms with Gasteiger partial charge in [0.25, 0.3) is 5.91 Å². The third kappa shape index (κ3) is 5.13. The molecule has 1 aliphatic heterocycles. The van der Waals surface area contributed by atoms with E-state index in [1.807, 2.05) is 24.3 Å². The number of hydrogen-bond acceptors (Lipinski definition) is 6. The number of ether oxygens (including phenoxy) is 3. The molecule has 134 valence electrons. The van der Waals surface area contributed by atoms with Crippen LogP contribution in [0.5, 0.6) is 11.5 Å². The zero-order valence-electron chi connectivity index (χ0n) is 14.6. The van der Waals surface area contributed by atoms with Crippen LogP contribution in [0.15, 0.2) is 30.0 Å². The lowest BCUT2D eigenvalue weighted by Gasteiger charge is -2.26. The molecule has 1 heterocycles. The summed E-state index contributed by atoms with van der Waals surface area (Å²) in [5.74, 6) is 1.10. The Bertz CT molecular complexity index is 661. The van der Waals surface area contributed by atoms with E-state index in [0.29, 0.717) is 44.3 Å². The summed E-state index contributed by atoms with van der Waals surface area (Å²) in [7, 11) is 3.19. The SMILES string of the molecule is COc1ccc(CCN/C=C(/C#N)C(=O)N2CCOCC2)cc1OC. The average molecular weight is 345 g/mol. The van der Waals surface area contributed by atoms with Gasteiger partial charge >= 0.3 is 0 Å². The molecule has 0 spiro atoms. The Balaban J connectivity index is 1.88. The molecule has 7 heteroatoms. The molecule has 7 nitrogen and oxygen atoms in total. The first kappa shape index (κ1) is 18.6. The van der Waals surface area contributed by atoms with Crippen molar-refractivity contribution in [2.75, 3.05) is 47.1 Å². The molecule has 1 aromatic rings. The van der Waals surface area contributed by atoms with E-state index >= 15 is 0 Å². The van der Waals surface area contributed by atoms with E-state index in [-0.39, 0.29) is 11.5 Å². The predicted octanol–water partition coefficient (Wildman–Crippen LogP) is 1.10. The molecule has 1 aliphatic rings. The fourth-order valence-electron chi connectivity index (χ4n) is 2.51. The van der Waals surface area contributed by atoms with Gasteiger partial charge in [-0.1, -0.05) is 6.07 Å². The van der Waals surface area contributed by atoms with Crippen LogP contribution in [0, 0.1) is 11.3 Å². The third-order valence-corrected chi connectivity index (χ3v) is 3.90. The zero-order chi connectivity index (χ0) is 18.1. The minimum Gasteiger partial charge on any atom is -0.493 e. The first-order valence-corrected chi connectivity index (χ1v) is 8.11. The van der Waals surface area contributed by atoms with Crippen molar-refractivity contribution < 1.29 is 19.0 Å². The van der Waals surface area contributed by atoms with Crippen molar-refractivity contribution in [1.29, 1.82) is 5.26 Å². The van der Waals surface area contributed by atoms with Crippen molar-refractivity contribution in [3.05, 3.63) is 35.5 Å². The standard InChI is InChI=1S/C18H23N3O4/c1-23-16-4-3-14(11-17(16)24-2)5-6-20-13-15(12-19)18(22)21-7-9-25-10-8-21/h3-4,11,13,20H,5-10H2,1-2H3/b15-13-. The second-order valence-electron chi connectivity index (χ2n) is 5.47. The molecule has 0 saturated carbocycles. The first-order valence-electron chi connectivity index (χ1n) is 8.11. The Kier molecular flexibility index (Phi) is 7.11. The van der Waals surface area contributed by atoms with E-state index in [1.54, 1.807) is 19.1 Å². The van der Waals surface area contributed by atoms with Crippen LogP contribution >= 0.6 is 0 Å². The van der Waals surface area contributed by atoms with Gasteiger partial charge in [-0.15, -0.1) is 0 Å². The lowest BCUT2D eigenvalue weighted by Crippen LogP contribution is -2.41. The third-order valence-electron chi connectivity index (χ3n) is 3.90. The molecule has 0 aliphatic carbocycles. The second-order valence-corrected chi connectivity index (χ2v) is 5.47. The molecule has 1 saturated heterocycles. The van der Waals surface area contributed by atoms with Crippen LogP contribution in [0.25, 0.3) is 0 Å². The number of rotatable bonds is 7. The van der Waals surface area contributed by atoms with Crippen molar-refractivity contribution in [2.45, 2.75) is 6.42 Å². The number of hydrogen-bond donors (Lipinski definition) is 1. The number of carbonyl (C=O) groups is 1. The molecule has 0 aromatic heterocycles. The predicted molar refractivity (Wildman–Crippen MR) is 92.3 cm³/mol. The quantitative estimate of drug-likeness (QED) is 0.453. The number of nitrogens with one attached hydrogen (secondary N) is 1. The molecule has 1 amide bonds. The number of benzene rings is 1. The van der Waals surface area contributed by atoms with Crippen LogP contribution in [-0.2, 0) is 16.0 Å². The van der Waals surface area contributed by atoms with Gasteiger partial charge < -0.3 is 24.4 Å². The molecule has 1 N–H and O–H groups in total. The van der Waals surface area contributed by atoms with Gasteiger partial charge in [0.05, 0.1) is 27.4 Å². The van der Waals surface area contributed by atoms with Crippen LogP contribution in [0.2, 0.25) is 0 Å². The molecular weight excluding hydrogens is 322 g/mol. The fraction of sp³-hybridized carbons (Fsp3) is 0.444. The Hall–Kier alpha value is -2.72. The largest absolute Gasteiger partial charge is 0.493 e. The van der Waals surface area contributed by atoms with E-state index in [2.05, 4.69) is 5.32 Å². The van der Waals surface area contributed by atoms with E-state index in [1.165, 1.54) is 6.20 Å². The maximum absolute atomic E-state index is 12.3. The molecule has 1 aromatic carbocycles. The summed E-state index contributed by atoms with van der Waals surface area (Å²) in [6.45, 7) is 2.65. The van der Waals surface area contributed by atoms with Gasteiger partial charge in [0, 0.05) is 25.8 Å². The molecule has 0 unspecified atom stereocenters. The highest BCUT2D eigenvalue weighted by atomic mass is 16.5. The number of nitrogens with zero attached hydrogens (tertiary/aromatic N) is 2. The lowest BCUT2D eigenvalue weighted by atomic mass is 10.1. The Morgan fingerprint density at radius 1 is 1.32 bits per heavy atom. The highest BCUT2D eigenvalue weighted by molar-refractivity contribution is 5.97. The van der Waals surface area contributed by atoms with E-state index in [9.17, 15) is 10.1 Å². The zero-order valence-corrected chi connectivity index (χ0v) is 14.6. The van der Waals surface area contributed by atoms with Crippen LogP contribution in [-0.4, -0.2) is 57.9 Å². The summed E-state index contributed by atoms with van der Waals surface area (Å²) in [5.41, 5.74) is 1.17. The summed E-state index contributed by atoms with van der Waals surface area (Å²) >= 11 is 0. The molecule has 25 heavy (non-hydrogen) atoms. The smallest absolute Gasteiger partial charge is 0.266 e. The van der Waals surface area contributed by atoms with E-state index < -0.39 is 0 Å². The van der Waals surface area contributed by atoms with Gasteiger partial charge in [0.2, 0.25) is 0 Å².